The Kier molecular flexibility index (Phi) is 17.9. The molecule has 2 rings (SSSR count). The summed E-state index contributed by atoms with van der Waals surface area (Å²) in [6.07, 6.45) is -2.10. The maximum absolute atomic E-state index is 13.0. The molecule has 1 heterocycles. The summed E-state index contributed by atoms with van der Waals surface area (Å²) in [4.78, 5) is 23.9. The Morgan fingerprint density at radius 3 is 2.36 bits per heavy atom. The highest BCUT2D eigenvalue weighted by molar-refractivity contribution is 7.56. The van der Waals surface area contributed by atoms with Crippen LogP contribution in [0.1, 0.15) is 88.0 Å². The molecule has 2 atom stereocenters. The fourth-order valence-electron chi connectivity index (χ4n) is 4.16. The molecule has 0 amide bonds. The minimum Gasteiger partial charge on any atom is -0.507 e. The van der Waals surface area contributed by atoms with Crippen molar-refractivity contribution in [2.24, 2.45) is 0 Å². The quantitative estimate of drug-likeness (QED) is 0.0937. The number of cyclic esters (lactones) is 1. The van der Waals surface area contributed by atoms with Crippen LogP contribution in [0.2, 0.25) is 0 Å². The standard InChI is InChI=1S/C25H36F3N2O7P.2C2H6/c1-6-18-16(4)20-13-36-24(33)21(20)22(31)19(18)9-8-15(3)12-29-10-11-38(34,37-14-25(26,27)28)30-17(5)23(32)35-7-2;2*1-2/h8,17,29,31H,6-7,9-14H2,1-5H3,(H,30,34);2*1-2H3/b15-8+;;/t17-,38?;;/m0../s1. The summed E-state index contributed by atoms with van der Waals surface area (Å²) in [5.41, 5.74) is 4.28. The third-order valence-corrected chi connectivity index (χ3v) is 8.25. The van der Waals surface area contributed by atoms with Crippen LogP contribution in [-0.4, -0.2) is 61.7 Å². The summed E-state index contributed by atoms with van der Waals surface area (Å²) in [6, 6.07) is -1.12. The molecule has 1 aliphatic heterocycles. The summed E-state index contributed by atoms with van der Waals surface area (Å²) >= 11 is 0. The fraction of sp³-hybridized carbons (Fsp3) is 0.655. The molecule has 42 heavy (non-hydrogen) atoms. The molecule has 0 saturated carbocycles. The van der Waals surface area contributed by atoms with E-state index in [1.165, 1.54) is 6.92 Å². The van der Waals surface area contributed by atoms with Gasteiger partial charge in [-0.3, -0.25) is 9.36 Å². The topological polar surface area (TPSA) is 123 Å². The highest BCUT2D eigenvalue weighted by Gasteiger charge is 2.35. The molecule has 1 unspecified atom stereocenters. The first kappa shape index (κ1) is 39.6. The number of phenolic OH excluding ortho intramolecular Hbond substituents is 1. The summed E-state index contributed by atoms with van der Waals surface area (Å²) < 4.78 is 65.7. The van der Waals surface area contributed by atoms with Crippen LogP contribution in [-0.2, 0) is 42.8 Å². The smallest absolute Gasteiger partial charge is 0.412 e. The number of nitrogens with one attached hydrogen (secondary N) is 2. The molecule has 0 radical (unpaired) electrons. The monoisotopic (exact) mass is 624 g/mol. The number of allylic oxidation sites excluding steroid dienone is 1. The Balaban J connectivity index is 0.00000402. The van der Waals surface area contributed by atoms with Gasteiger partial charge in [0.05, 0.1) is 12.8 Å². The minimum absolute atomic E-state index is 0.0398. The summed E-state index contributed by atoms with van der Waals surface area (Å²) in [5.74, 6) is -1.37. The third-order valence-electron chi connectivity index (χ3n) is 6.11. The van der Waals surface area contributed by atoms with Crippen LogP contribution in [0.15, 0.2) is 11.6 Å². The van der Waals surface area contributed by atoms with Crippen molar-refractivity contribution in [1.29, 1.82) is 0 Å². The average molecular weight is 625 g/mol. The van der Waals surface area contributed by atoms with E-state index < -0.39 is 38.3 Å². The third kappa shape index (κ3) is 12.1. The second kappa shape index (κ2) is 19.0. The van der Waals surface area contributed by atoms with Crippen molar-refractivity contribution in [3.8, 4) is 5.75 Å². The second-order valence-electron chi connectivity index (χ2n) is 9.03. The van der Waals surface area contributed by atoms with Crippen LogP contribution >= 0.6 is 7.52 Å². The Hall–Kier alpha value is -2.40. The molecule has 0 saturated heterocycles. The van der Waals surface area contributed by atoms with Crippen molar-refractivity contribution < 1.29 is 46.4 Å². The van der Waals surface area contributed by atoms with Gasteiger partial charge in [-0.15, -0.1) is 0 Å². The SMILES string of the molecule is CC.CC.CCOC(=O)[C@H](C)NP(=O)(CCNC/C(C)=C/Cc1c(O)c2c(c(C)c1CC)COC2=O)OCC(F)(F)F. The van der Waals surface area contributed by atoms with E-state index in [4.69, 9.17) is 14.0 Å². The number of aromatic hydroxyl groups is 1. The van der Waals surface area contributed by atoms with E-state index in [1.807, 2.05) is 54.5 Å². The molecule has 0 fully saturated rings. The Morgan fingerprint density at radius 2 is 1.81 bits per heavy atom. The van der Waals surface area contributed by atoms with Crippen molar-refractivity contribution >= 4 is 19.5 Å². The summed E-state index contributed by atoms with van der Waals surface area (Å²) in [6.45, 7) is 15.4. The van der Waals surface area contributed by atoms with Crippen molar-refractivity contribution in [3.05, 3.63) is 39.5 Å². The van der Waals surface area contributed by atoms with E-state index in [-0.39, 0.29) is 37.2 Å². The first-order valence-electron chi connectivity index (χ1n) is 14.4. The van der Waals surface area contributed by atoms with Gasteiger partial charge in [-0.1, -0.05) is 46.3 Å². The summed E-state index contributed by atoms with van der Waals surface area (Å²) in [5, 5.41) is 16.2. The molecule has 9 nitrogen and oxygen atoms in total. The highest BCUT2D eigenvalue weighted by atomic mass is 31.2. The molecule has 242 valence electrons. The summed E-state index contributed by atoms with van der Waals surface area (Å²) in [7, 11) is -4.04. The van der Waals surface area contributed by atoms with Gasteiger partial charge in [0.25, 0.3) is 7.52 Å². The lowest BCUT2D eigenvalue weighted by molar-refractivity contribution is -0.153. The van der Waals surface area contributed by atoms with E-state index in [0.29, 0.717) is 30.5 Å². The predicted octanol–water partition coefficient (Wildman–Crippen LogP) is 6.38. The zero-order valence-corrected chi connectivity index (χ0v) is 27.2. The van der Waals surface area contributed by atoms with E-state index >= 15 is 0 Å². The molecule has 1 aliphatic rings. The molecule has 0 bridgehead atoms. The van der Waals surface area contributed by atoms with Crippen LogP contribution in [0.4, 0.5) is 13.2 Å². The van der Waals surface area contributed by atoms with Crippen LogP contribution in [0, 0.1) is 6.92 Å². The maximum atomic E-state index is 13.0. The van der Waals surface area contributed by atoms with Gasteiger partial charge in [0, 0.05) is 24.2 Å². The lowest BCUT2D eigenvalue weighted by Crippen LogP contribution is -2.36. The molecular formula is C29H48F3N2O7P. The zero-order valence-electron chi connectivity index (χ0n) is 26.3. The van der Waals surface area contributed by atoms with E-state index in [9.17, 15) is 32.4 Å². The van der Waals surface area contributed by atoms with Gasteiger partial charge in [-0.25, -0.2) is 9.88 Å². The first-order chi connectivity index (χ1) is 19.7. The minimum atomic E-state index is -4.69. The maximum Gasteiger partial charge on any atom is 0.412 e. The number of hydrogen-bond donors (Lipinski definition) is 3. The Labute approximate surface area is 248 Å². The van der Waals surface area contributed by atoms with Gasteiger partial charge in [0.1, 0.15) is 24.0 Å². The normalized spacial score (nSPS) is 14.9. The molecule has 1 aromatic carbocycles. The molecule has 1 aromatic rings. The van der Waals surface area contributed by atoms with Gasteiger partial charge in [-0.2, -0.15) is 13.2 Å². The largest absolute Gasteiger partial charge is 0.507 e. The molecule has 3 N–H and O–H groups in total. The van der Waals surface area contributed by atoms with Crippen LogP contribution in [0.5, 0.6) is 5.75 Å². The van der Waals surface area contributed by atoms with Crippen LogP contribution < -0.4 is 10.4 Å². The molecule has 0 spiro atoms. The average Bonchev–Trinajstić information content (AvgIpc) is 3.35. The molecule has 13 heteroatoms. The van der Waals surface area contributed by atoms with Crippen molar-refractivity contribution in [3.63, 3.8) is 0 Å². The second-order valence-corrected chi connectivity index (χ2v) is 11.3. The number of rotatable bonds is 14. The van der Waals surface area contributed by atoms with Gasteiger partial charge in [-0.05, 0) is 51.7 Å². The number of carbonyl (C=O) groups excluding carboxylic acids is 2. The predicted molar refractivity (Wildman–Crippen MR) is 158 cm³/mol. The number of halogens is 3. The molecular weight excluding hydrogens is 576 g/mol. The Bertz CT molecular complexity index is 1110. The van der Waals surface area contributed by atoms with Gasteiger partial charge in [0.2, 0.25) is 0 Å². The number of fused-ring (bicyclic) bond motifs is 1. The Morgan fingerprint density at radius 1 is 1.19 bits per heavy atom. The number of phenols is 1. The number of hydrogen-bond acceptors (Lipinski definition) is 8. The van der Waals surface area contributed by atoms with Gasteiger partial charge >= 0.3 is 18.1 Å². The van der Waals surface area contributed by atoms with Crippen molar-refractivity contribution in [2.75, 3.05) is 32.5 Å². The van der Waals surface area contributed by atoms with Crippen LogP contribution in [0.25, 0.3) is 0 Å². The fourth-order valence-corrected chi connectivity index (χ4v) is 6.00. The van der Waals surface area contributed by atoms with Crippen LogP contribution in [0.3, 0.4) is 0 Å². The molecule has 0 aliphatic carbocycles. The highest BCUT2D eigenvalue weighted by Crippen LogP contribution is 2.44. The number of carbonyl (C=O) groups is 2. The van der Waals surface area contributed by atoms with E-state index in [1.54, 1.807) is 6.92 Å². The van der Waals surface area contributed by atoms with E-state index in [0.717, 1.165) is 16.7 Å². The lowest BCUT2D eigenvalue weighted by Gasteiger charge is -2.23. The van der Waals surface area contributed by atoms with Crippen molar-refractivity contribution in [1.82, 2.24) is 10.4 Å². The van der Waals surface area contributed by atoms with Crippen molar-refractivity contribution in [2.45, 2.75) is 94.0 Å². The molecule has 0 aromatic heterocycles. The first-order valence-corrected chi connectivity index (χ1v) is 16.2. The number of ether oxygens (including phenoxy) is 2. The van der Waals surface area contributed by atoms with Gasteiger partial charge < -0.3 is 24.4 Å². The number of benzene rings is 1. The number of alkyl halides is 3. The van der Waals surface area contributed by atoms with E-state index in [2.05, 4.69) is 10.4 Å². The van der Waals surface area contributed by atoms with Gasteiger partial charge in [0.15, 0.2) is 6.61 Å². The zero-order chi connectivity index (χ0) is 32.7. The number of esters is 2. The lowest BCUT2D eigenvalue weighted by atomic mass is 9.89.